The van der Waals surface area contributed by atoms with Crippen molar-refractivity contribution in [3.8, 4) is 0 Å². The van der Waals surface area contributed by atoms with E-state index in [4.69, 9.17) is 24.4 Å². The Balaban J connectivity index is -0.000000642. The Hall–Kier alpha value is -1.75. The van der Waals surface area contributed by atoms with Gasteiger partial charge in [-0.25, -0.2) is 0 Å². The molecule has 10 heteroatoms. The van der Waals surface area contributed by atoms with Crippen LogP contribution in [0.15, 0.2) is 0 Å². The first-order valence-corrected chi connectivity index (χ1v) is 28.3. The molecule has 0 saturated heterocycles. The van der Waals surface area contributed by atoms with Gasteiger partial charge in [0.15, 0.2) is 0 Å². The summed E-state index contributed by atoms with van der Waals surface area (Å²) in [6.07, 6.45) is 43.6. The third-order valence-electron chi connectivity index (χ3n) is 12.0. The van der Waals surface area contributed by atoms with E-state index in [2.05, 4.69) is 24.5 Å². The van der Waals surface area contributed by atoms with Crippen molar-refractivity contribution in [3.05, 3.63) is 0 Å². The summed E-state index contributed by atoms with van der Waals surface area (Å²) in [5, 5.41) is 21.5. The minimum Gasteiger partial charge on any atom is -0.460 e. The molecule has 398 valence electrons. The second-order valence-electron chi connectivity index (χ2n) is 17.7. The van der Waals surface area contributed by atoms with Gasteiger partial charge < -0.3 is 35.1 Å². The highest BCUT2D eigenvalue weighted by molar-refractivity contribution is 5.83. The topological polar surface area (TPSA) is 143 Å². The zero-order valence-electron chi connectivity index (χ0n) is 45.6. The van der Waals surface area contributed by atoms with Crippen molar-refractivity contribution >= 4 is 17.8 Å². The fourth-order valence-corrected chi connectivity index (χ4v) is 8.14. The molecule has 1 fully saturated rings. The third kappa shape index (κ3) is 54.9. The molecule has 0 spiro atoms. The molecule has 0 heterocycles. The quantitative estimate of drug-likeness (QED) is 0.0349. The Kier molecular flexibility index (Phi) is 67.9. The smallest absolute Gasteiger partial charge is 0.306 e. The normalized spacial score (nSPS) is 14.9. The molecule has 1 aliphatic rings. The van der Waals surface area contributed by atoms with Gasteiger partial charge in [0.1, 0.15) is 6.10 Å². The van der Waals surface area contributed by atoms with E-state index >= 15 is 0 Å². The van der Waals surface area contributed by atoms with Crippen LogP contribution in [-0.4, -0.2) is 86.8 Å². The van der Waals surface area contributed by atoms with Gasteiger partial charge in [-0.1, -0.05) is 228 Å². The molecule has 0 aromatic heterocycles. The fraction of sp³-hybridized carbons (Fsp3) is 0.946. The maximum Gasteiger partial charge on any atom is 0.306 e. The minimum atomic E-state index is -0.345. The van der Waals surface area contributed by atoms with Crippen LogP contribution in [0, 0.1) is 0 Å². The van der Waals surface area contributed by atoms with E-state index in [9.17, 15) is 14.4 Å². The van der Waals surface area contributed by atoms with Crippen molar-refractivity contribution in [2.45, 2.75) is 304 Å². The number of methoxy groups -OCH3 is 1. The number of amides is 2. The summed E-state index contributed by atoms with van der Waals surface area (Å²) in [4.78, 5) is 36.7. The molecular weight excluding hydrogens is 829 g/mol. The highest BCUT2D eigenvalue weighted by Crippen LogP contribution is 2.26. The molecule has 3 atom stereocenters. The van der Waals surface area contributed by atoms with Crippen LogP contribution in [0.2, 0.25) is 0 Å². The van der Waals surface area contributed by atoms with Gasteiger partial charge >= 0.3 is 5.97 Å². The summed E-state index contributed by atoms with van der Waals surface area (Å²) in [5.74, 6) is -0.484. The van der Waals surface area contributed by atoms with Gasteiger partial charge in [-0.15, -0.1) is 0 Å². The van der Waals surface area contributed by atoms with Gasteiger partial charge in [-0.05, 0) is 32.6 Å². The van der Waals surface area contributed by atoms with Crippen LogP contribution in [0.5, 0.6) is 0 Å². The van der Waals surface area contributed by atoms with E-state index in [1.165, 1.54) is 180 Å². The van der Waals surface area contributed by atoms with Crippen LogP contribution in [0.25, 0.3) is 0 Å². The molecule has 0 aliphatic heterocycles. The summed E-state index contributed by atoms with van der Waals surface area (Å²) in [5.41, 5.74) is 0. The molecular formula is C56H116N2O8. The van der Waals surface area contributed by atoms with Gasteiger partial charge in [-0.3, -0.25) is 14.4 Å². The van der Waals surface area contributed by atoms with Crippen molar-refractivity contribution in [1.29, 1.82) is 0 Å². The molecule has 0 aromatic carbocycles. The number of aliphatic hydroxyl groups excluding tert-OH is 2. The Labute approximate surface area is 410 Å². The van der Waals surface area contributed by atoms with Crippen LogP contribution < -0.4 is 10.6 Å². The molecule has 10 nitrogen and oxygen atoms in total. The van der Waals surface area contributed by atoms with Crippen molar-refractivity contribution in [2.75, 3.05) is 40.6 Å². The zero-order chi connectivity index (χ0) is 50.0. The number of ether oxygens (including phenoxy) is 3. The van der Waals surface area contributed by atoms with E-state index in [1.807, 2.05) is 34.6 Å². The van der Waals surface area contributed by atoms with Gasteiger partial charge in [0.25, 0.3) is 0 Å². The Bertz CT molecular complexity index is 923. The number of nitrogens with one attached hydrogen (secondary N) is 2. The molecule has 0 radical (unpaired) electrons. The van der Waals surface area contributed by atoms with Gasteiger partial charge in [0.2, 0.25) is 11.8 Å². The summed E-state index contributed by atoms with van der Waals surface area (Å²) in [6, 6.07) is -0.120. The molecule has 2 amide bonds. The summed E-state index contributed by atoms with van der Waals surface area (Å²) < 4.78 is 16.5. The molecule has 1 saturated carbocycles. The lowest BCUT2D eigenvalue weighted by Crippen LogP contribution is -2.34. The number of carbonyl (C=O) groups excluding carboxylic acids is 3. The van der Waals surface area contributed by atoms with E-state index < -0.39 is 0 Å². The van der Waals surface area contributed by atoms with E-state index in [0.29, 0.717) is 45.6 Å². The Morgan fingerprint density at radius 1 is 0.485 bits per heavy atom. The monoisotopic (exact) mass is 945 g/mol. The van der Waals surface area contributed by atoms with Gasteiger partial charge in [0, 0.05) is 72.3 Å². The van der Waals surface area contributed by atoms with Crippen molar-refractivity contribution < 1.29 is 38.8 Å². The first-order chi connectivity index (χ1) is 32.4. The predicted octanol–water partition coefficient (Wildman–Crippen LogP) is 14.7. The largest absolute Gasteiger partial charge is 0.460 e. The van der Waals surface area contributed by atoms with E-state index in [1.54, 1.807) is 7.11 Å². The van der Waals surface area contributed by atoms with Crippen molar-refractivity contribution in [2.24, 2.45) is 0 Å². The maximum absolute atomic E-state index is 12.4. The summed E-state index contributed by atoms with van der Waals surface area (Å²) >= 11 is 0. The van der Waals surface area contributed by atoms with Crippen molar-refractivity contribution in [1.82, 2.24) is 10.6 Å². The number of rotatable bonds is 43. The number of aliphatic hydroxyl groups is 2. The number of hydrogen-bond donors (Lipinski definition) is 4. The van der Waals surface area contributed by atoms with Crippen LogP contribution >= 0.6 is 0 Å². The average Bonchev–Trinajstić information content (AvgIpc) is 3.73. The van der Waals surface area contributed by atoms with Crippen LogP contribution in [0.3, 0.4) is 0 Å². The Morgan fingerprint density at radius 3 is 1.23 bits per heavy atom. The van der Waals surface area contributed by atoms with Crippen LogP contribution in [-0.2, 0) is 28.6 Å². The minimum absolute atomic E-state index is 0.120. The second kappa shape index (κ2) is 63.2. The lowest BCUT2D eigenvalue weighted by molar-refractivity contribution is -0.154. The molecule has 1 aliphatic carbocycles. The second-order valence-corrected chi connectivity index (χ2v) is 17.7. The number of carbonyl (C=O) groups is 3. The molecule has 1 rings (SSSR count). The highest BCUT2D eigenvalue weighted by atomic mass is 16.6. The molecule has 3 unspecified atom stereocenters. The number of esters is 1. The maximum atomic E-state index is 12.4. The van der Waals surface area contributed by atoms with E-state index in [0.717, 1.165) is 32.8 Å². The molecule has 0 aromatic rings. The molecule has 0 bridgehead atoms. The zero-order valence-corrected chi connectivity index (χ0v) is 45.6. The fourth-order valence-electron chi connectivity index (χ4n) is 8.14. The van der Waals surface area contributed by atoms with Crippen LogP contribution in [0.1, 0.15) is 286 Å². The lowest BCUT2D eigenvalue weighted by atomic mass is 10.0. The number of hydrogen-bond acceptors (Lipinski definition) is 8. The summed E-state index contributed by atoms with van der Waals surface area (Å²) in [6.45, 7) is 16.7. The SMILES string of the molecule is CC.CC.CCCCCCCCCCCCCCCCCC(=O)OC1CC(NC(=O)CCC(=O)NCCCOCC)CC1OC.CCCCCCCCCCCCCCCCCCO.CO. The van der Waals surface area contributed by atoms with Crippen molar-refractivity contribution in [3.63, 3.8) is 0 Å². The summed E-state index contributed by atoms with van der Waals surface area (Å²) in [7, 11) is 2.61. The predicted molar refractivity (Wildman–Crippen MR) is 282 cm³/mol. The number of unbranched alkanes of at least 4 members (excludes halogenated alkanes) is 29. The van der Waals surface area contributed by atoms with E-state index in [-0.39, 0.29) is 48.9 Å². The average molecular weight is 946 g/mol. The van der Waals surface area contributed by atoms with Crippen LogP contribution in [0.4, 0.5) is 0 Å². The standard InChI is InChI=1S/C33H62N2O6.C18H38O.2C2H6.CH4O/c1-4-6-7-8-9-10-11-12-13-14-15-16-17-18-19-21-33(38)41-30-27-28(26-29(30)39-3)35-32(37)23-22-31(36)34-24-20-25-40-5-2;1-2-3-4-5-6-7-8-9-10-11-12-13-14-15-16-17-18-19;3*1-2/h28-30H,4-27H2,1-3H3,(H,34,36)(H,35,37);19H,2-18H2,1H3;2*1-2H3;2H,1H3. The first kappa shape index (κ1) is 70.8. The molecule has 4 N–H and O–H groups in total. The Morgan fingerprint density at radius 2 is 0.848 bits per heavy atom. The highest BCUT2D eigenvalue weighted by Gasteiger charge is 2.37. The lowest BCUT2D eigenvalue weighted by Gasteiger charge is -2.18. The molecule has 66 heavy (non-hydrogen) atoms. The first-order valence-electron chi connectivity index (χ1n) is 28.3. The van der Waals surface area contributed by atoms with Gasteiger partial charge in [0.05, 0.1) is 6.10 Å². The van der Waals surface area contributed by atoms with Gasteiger partial charge in [-0.2, -0.15) is 0 Å². The third-order valence-corrected chi connectivity index (χ3v) is 12.0.